The number of hydrogen-bond donors (Lipinski definition) is 2. The molecule has 184 valence electrons. The van der Waals surface area contributed by atoms with Crippen LogP contribution < -0.4 is 10.6 Å². The number of urea groups is 1. The molecule has 0 aromatic carbocycles. The molecule has 0 aliphatic heterocycles. The Bertz CT molecular complexity index is 1360. The maximum atomic E-state index is 13.6. The number of carbonyl (C=O) groups is 1. The second-order valence-electron chi connectivity index (χ2n) is 7.69. The standard InChI is InChI=1S/C20H19ClF3N9O2/c1-10(2)17(35-3)16-13(9-25-15-7-14(21)31-32(15)16)30-19(34)29-11-6-12(20(22,23)24)18(26-8-11)33-27-4-5-28-33/h4-10,17H,1-3H3,(H2,29,30,34). The molecule has 0 radical (unpaired) electrons. The van der Waals surface area contributed by atoms with E-state index in [-0.39, 0.29) is 22.4 Å². The number of aromatic nitrogens is 7. The first-order valence-corrected chi connectivity index (χ1v) is 10.5. The van der Waals surface area contributed by atoms with Gasteiger partial charge in [-0.15, -0.1) is 4.80 Å². The van der Waals surface area contributed by atoms with Gasteiger partial charge in [0.2, 0.25) is 0 Å². The number of fused-ring (bicyclic) bond motifs is 1. The van der Waals surface area contributed by atoms with Crippen molar-refractivity contribution in [2.24, 2.45) is 5.92 Å². The highest BCUT2D eigenvalue weighted by Gasteiger charge is 2.36. The Kier molecular flexibility index (Phi) is 6.58. The zero-order valence-electron chi connectivity index (χ0n) is 18.6. The van der Waals surface area contributed by atoms with E-state index in [4.69, 9.17) is 16.3 Å². The largest absolute Gasteiger partial charge is 0.420 e. The van der Waals surface area contributed by atoms with Gasteiger partial charge >= 0.3 is 12.2 Å². The van der Waals surface area contributed by atoms with Crippen LogP contribution in [0, 0.1) is 5.92 Å². The number of ether oxygens (including phenoxy) is 1. The van der Waals surface area contributed by atoms with Crippen molar-refractivity contribution in [1.82, 2.24) is 34.6 Å². The first-order chi connectivity index (χ1) is 16.6. The molecule has 4 aromatic rings. The van der Waals surface area contributed by atoms with E-state index in [0.29, 0.717) is 11.3 Å². The Morgan fingerprint density at radius 3 is 2.46 bits per heavy atom. The molecule has 0 bridgehead atoms. The zero-order chi connectivity index (χ0) is 25.3. The van der Waals surface area contributed by atoms with E-state index >= 15 is 0 Å². The number of rotatable bonds is 6. The van der Waals surface area contributed by atoms with Gasteiger partial charge in [-0.2, -0.15) is 28.5 Å². The molecule has 35 heavy (non-hydrogen) atoms. The summed E-state index contributed by atoms with van der Waals surface area (Å²) in [4.78, 5) is 21.5. The summed E-state index contributed by atoms with van der Waals surface area (Å²) in [5, 5.41) is 16.7. The lowest BCUT2D eigenvalue weighted by Gasteiger charge is -2.23. The van der Waals surface area contributed by atoms with E-state index in [1.807, 2.05) is 13.8 Å². The lowest BCUT2D eigenvalue weighted by molar-refractivity contribution is -0.137. The summed E-state index contributed by atoms with van der Waals surface area (Å²) in [6.07, 6.45) is -0.375. The van der Waals surface area contributed by atoms with Crippen LogP contribution in [-0.2, 0) is 10.9 Å². The summed E-state index contributed by atoms with van der Waals surface area (Å²) in [5.74, 6) is -0.556. The van der Waals surface area contributed by atoms with Crippen LogP contribution in [0.15, 0.2) is 36.9 Å². The van der Waals surface area contributed by atoms with Gasteiger partial charge in [-0.3, -0.25) is 0 Å². The van der Waals surface area contributed by atoms with Crippen LogP contribution in [0.25, 0.3) is 11.5 Å². The predicted molar refractivity (Wildman–Crippen MR) is 119 cm³/mol. The molecule has 1 atom stereocenters. The van der Waals surface area contributed by atoms with Crippen LogP contribution in [0.1, 0.15) is 31.2 Å². The average Bonchev–Trinajstić information content (AvgIpc) is 3.44. The minimum atomic E-state index is -4.77. The van der Waals surface area contributed by atoms with Crippen molar-refractivity contribution in [1.29, 1.82) is 0 Å². The number of nitrogens with one attached hydrogen (secondary N) is 2. The number of methoxy groups -OCH3 is 1. The third-order valence-electron chi connectivity index (χ3n) is 4.91. The van der Waals surface area contributed by atoms with Gasteiger partial charge in [0.05, 0.1) is 41.9 Å². The number of carbonyl (C=O) groups excluding carboxylic acids is 1. The van der Waals surface area contributed by atoms with Gasteiger partial charge < -0.3 is 15.4 Å². The number of pyridine rings is 1. The number of hydrogen-bond acceptors (Lipinski definition) is 7. The van der Waals surface area contributed by atoms with Gasteiger partial charge in [0, 0.05) is 13.2 Å². The molecule has 15 heteroatoms. The Hall–Kier alpha value is -3.78. The fourth-order valence-corrected chi connectivity index (χ4v) is 3.67. The molecular weight excluding hydrogens is 491 g/mol. The maximum Gasteiger partial charge on any atom is 0.420 e. The number of amides is 2. The summed E-state index contributed by atoms with van der Waals surface area (Å²) in [5.41, 5.74) is -0.197. The van der Waals surface area contributed by atoms with E-state index in [0.717, 1.165) is 17.1 Å². The first-order valence-electron chi connectivity index (χ1n) is 10.2. The van der Waals surface area contributed by atoms with E-state index in [9.17, 15) is 18.0 Å². The molecule has 4 rings (SSSR count). The summed E-state index contributed by atoms with van der Waals surface area (Å²) in [6, 6.07) is 1.46. The molecule has 2 amide bonds. The van der Waals surface area contributed by atoms with Crippen molar-refractivity contribution >= 4 is 34.7 Å². The van der Waals surface area contributed by atoms with E-state index in [1.165, 1.54) is 30.2 Å². The molecule has 0 spiro atoms. The number of nitrogens with zero attached hydrogens (tertiary/aromatic N) is 7. The van der Waals surface area contributed by atoms with Crippen LogP contribution >= 0.6 is 11.6 Å². The van der Waals surface area contributed by atoms with Crippen molar-refractivity contribution < 1.29 is 22.7 Å². The molecule has 0 saturated carbocycles. The maximum absolute atomic E-state index is 13.6. The Labute approximate surface area is 201 Å². The van der Waals surface area contributed by atoms with E-state index in [2.05, 4.69) is 35.9 Å². The van der Waals surface area contributed by atoms with Gasteiger partial charge in [-0.05, 0) is 12.0 Å². The van der Waals surface area contributed by atoms with E-state index in [1.54, 1.807) is 6.07 Å². The highest BCUT2D eigenvalue weighted by Crippen LogP contribution is 2.35. The fraction of sp³-hybridized carbons (Fsp3) is 0.300. The molecule has 11 nitrogen and oxygen atoms in total. The summed E-state index contributed by atoms with van der Waals surface area (Å²) >= 11 is 6.03. The third kappa shape index (κ3) is 5.02. The highest BCUT2D eigenvalue weighted by atomic mass is 35.5. The Balaban J connectivity index is 1.65. The second kappa shape index (κ2) is 9.46. The monoisotopic (exact) mass is 509 g/mol. The molecule has 0 fully saturated rings. The molecule has 0 aliphatic rings. The molecule has 4 aromatic heterocycles. The van der Waals surface area contributed by atoms with Gasteiger partial charge in [0.15, 0.2) is 16.6 Å². The zero-order valence-corrected chi connectivity index (χ0v) is 19.3. The quantitative estimate of drug-likeness (QED) is 0.395. The normalized spacial score (nSPS) is 12.8. The number of anilines is 2. The van der Waals surface area contributed by atoms with Gasteiger partial charge in [0.25, 0.3) is 0 Å². The predicted octanol–water partition coefficient (Wildman–Crippen LogP) is 4.36. The number of halogens is 4. The smallest absolute Gasteiger partial charge is 0.375 e. The average molecular weight is 510 g/mol. The third-order valence-corrected chi connectivity index (χ3v) is 5.09. The van der Waals surface area contributed by atoms with Gasteiger partial charge in [-0.1, -0.05) is 25.4 Å². The van der Waals surface area contributed by atoms with Crippen molar-refractivity contribution in [3.63, 3.8) is 0 Å². The number of alkyl halides is 3. The fourth-order valence-electron chi connectivity index (χ4n) is 3.50. The molecule has 0 aliphatic carbocycles. The molecule has 0 saturated heterocycles. The van der Waals surface area contributed by atoms with E-state index < -0.39 is 29.7 Å². The van der Waals surface area contributed by atoms with Crippen LogP contribution in [0.5, 0.6) is 0 Å². The first kappa shape index (κ1) is 24.3. The van der Waals surface area contributed by atoms with Crippen LogP contribution in [0.2, 0.25) is 5.15 Å². The summed E-state index contributed by atoms with van der Waals surface area (Å²) in [6.45, 7) is 3.82. The van der Waals surface area contributed by atoms with Crippen LogP contribution in [0.4, 0.5) is 29.3 Å². The SMILES string of the molecule is COC(c1c(NC(=O)Nc2cnc(-n3nccn3)c(C(F)(F)F)c2)cnc2cc(Cl)nn12)C(C)C. The van der Waals surface area contributed by atoms with Gasteiger partial charge in [-0.25, -0.2) is 19.3 Å². The van der Waals surface area contributed by atoms with Gasteiger partial charge in [0.1, 0.15) is 11.7 Å². The lowest BCUT2D eigenvalue weighted by Crippen LogP contribution is -2.24. The minimum absolute atomic E-state index is 0.0285. The Morgan fingerprint density at radius 2 is 1.83 bits per heavy atom. The highest BCUT2D eigenvalue weighted by molar-refractivity contribution is 6.29. The minimum Gasteiger partial charge on any atom is -0.375 e. The Morgan fingerprint density at radius 1 is 1.11 bits per heavy atom. The summed E-state index contributed by atoms with van der Waals surface area (Å²) < 4.78 is 47.9. The van der Waals surface area contributed by atoms with Crippen molar-refractivity contribution in [2.45, 2.75) is 26.1 Å². The molecular formula is C20H19ClF3N9O2. The van der Waals surface area contributed by atoms with Crippen molar-refractivity contribution in [3.05, 3.63) is 53.3 Å². The van der Waals surface area contributed by atoms with Crippen LogP contribution in [0.3, 0.4) is 0 Å². The molecule has 4 heterocycles. The van der Waals surface area contributed by atoms with Crippen molar-refractivity contribution in [3.8, 4) is 5.82 Å². The van der Waals surface area contributed by atoms with Crippen molar-refractivity contribution in [2.75, 3.05) is 17.7 Å². The second-order valence-corrected chi connectivity index (χ2v) is 8.07. The molecule has 2 N–H and O–H groups in total. The molecule has 1 unspecified atom stereocenters. The topological polar surface area (TPSA) is 124 Å². The van der Waals surface area contributed by atoms with Crippen LogP contribution in [-0.4, -0.2) is 47.7 Å². The lowest BCUT2D eigenvalue weighted by atomic mass is 10.0. The summed E-state index contributed by atoms with van der Waals surface area (Å²) in [7, 11) is 1.51.